The maximum absolute atomic E-state index is 10.7. The Hall–Kier alpha value is -2.16. The minimum atomic E-state index is 0.559. The van der Waals surface area contributed by atoms with Crippen molar-refractivity contribution in [2.75, 3.05) is 7.11 Å². The predicted molar refractivity (Wildman–Crippen MR) is 61.6 cm³/mol. The van der Waals surface area contributed by atoms with Gasteiger partial charge in [0, 0.05) is 29.1 Å². The SMILES string of the molecule is COc1ccccc1-c1cncc(C=O)c1. The van der Waals surface area contributed by atoms with Crippen LogP contribution >= 0.6 is 0 Å². The van der Waals surface area contributed by atoms with E-state index in [0.717, 1.165) is 23.2 Å². The van der Waals surface area contributed by atoms with Crippen LogP contribution in [0.15, 0.2) is 42.7 Å². The average molecular weight is 213 g/mol. The number of nitrogens with zero attached hydrogens (tertiary/aromatic N) is 1. The Morgan fingerprint density at radius 1 is 1.25 bits per heavy atom. The number of benzene rings is 1. The Kier molecular flexibility index (Phi) is 2.96. The third-order valence-electron chi connectivity index (χ3n) is 2.31. The van der Waals surface area contributed by atoms with E-state index in [1.165, 1.54) is 6.20 Å². The molecule has 0 unspecified atom stereocenters. The Morgan fingerprint density at radius 2 is 2.06 bits per heavy atom. The summed E-state index contributed by atoms with van der Waals surface area (Å²) < 4.78 is 5.26. The summed E-state index contributed by atoms with van der Waals surface area (Å²) >= 11 is 0. The van der Waals surface area contributed by atoms with E-state index in [1.807, 2.05) is 24.3 Å². The first-order valence-electron chi connectivity index (χ1n) is 4.89. The number of rotatable bonds is 3. The normalized spacial score (nSPS) is 9.81. The van der Waals surface area contributed by atoms with Gasteiger partial charge in [-0.2, -0.15) is 0 Å². The van der Waals surface area contributed by atoms with E-state index < -0.39 is 0 Å². The van der Waals surface area contributed by atoms with Crippen LogP contribution in [-0.4, -0.2) is 18.4 Å². The molecule has 0 amide bonds. The molecule has 0 bridgehead atoms. The summed E-state index contributed by atoms with van der Waals surface area (Å²) in [6.45, 7) is 0. The Morgan fingerprint density at radius 3 is 2.81 bits per heavy atom. The van der Waals surface area contributed by atoms with E-state index in [4.69, 9.17) is 4.74 Å². The van der Waals surface area contributed by atoms with Crippen molar-refractivity contribution in [1.29, 1.82) is 0 Å². The number of aldehydes is 1. The smallest absolute Gasteiger partial charge is 0.151 e. The summed E-state index contributed by atoms with van der Waals surface area (Å²) in [6, 6.07) is 9.43. The number of methoxy groups -OCH3 is 1. The number of pyridine rings is 1. The summed E-state index contributed by atoms with van der Waals surface area (Å²) in [5.41, 5.74) is 2.37. The van der Waals surface area contributed by atoms with Crippen LogP contribution in [0, 0.1) is 0 Å². The van der Waals surface area contributed by atoms with E-state index in [-0.39, 0.29) is 0 Å². The van der Waals surface area contributed by atoms with Gasteiger partial charge in [-0.05, 0) is 12.1 Å². The highest BCUT2D eigenvalue weighted by molar-refractivity contribution is 5.79. The lowest BCUT2D eigenvalue weighted by molar-refractivity contribution is 0.112. The molecule has 0 atom stereocenters. The van der Waals surface area contributed by atoms with Gasteiger partial charge < -0.3 is 4.74 Å². The van der Waals surface area contributed by atoms with E-state index in [2.05, 4.69) is 4.98 Å². The molecule has 0 spiro atoms. The Labute approximate surface area is 93.7 Å². The second-order valence-electron chi connectivity index (χ2n) is 3.33. The van der Waals surface area contributed by atoms with Crippen molar-refractivity contribution in [2.45, 2.75) is 0 Å². The zero-order chi connectivity index (χ0) is 11.4. The topological polar surface area (TPSA) is 39.2 Å². The molecule has 2 rings (SSSR count). The number of ether oxygens (including phenoxy) is 1. The summed E-state index contributed by atoms with van der Waals surface area (Å²) in [6.07, 6.45) is 4.03. The summed E-state index contributed by atoms with van der Waals surface area (Å²) in [5, 5.41) is 0. The molecule has 0 saturated carbocycles. The molecular formula is C13H11NO2. The molecule has 1 aromatic heterocycles. The van der Waals surface area contributed by atoms with E-state index in [9.17, 15) is 4.79 Å². The van der Waals surface area contributed by atoms with Gasteiger partial charge in [0.1, 0.15) is 5.75 Å². The zero-order valence-electron chi connectivity index (χ0n) is 8.88. The zero-order valence-corrected chi connectivity index (χ0v) is 8.88. The molecule has 1 heterocycles. The van der Waals surface area contributed by atoms with Gasteiger partial charge >= 0.3 is 0 Å². The predicted octanol–water partition coefficient (Wildman–Crippen LogP) is 2.57. The van der Waals surface area contributed by atoms with Crippen molar-refractivity contribution in [3.63, 3.8) is 0 Å². The van der Waals surface area contributed by atoms with E-state index in [0.29, 0.717) is 5.56 Å². The first-order chi connectivity index (χ1) is 7.85. The highest BCUT2D eigenvalue weighted by Crippen LogP contribution is 2.28. The molecule has 0 fully saturated rings. The van der Waals surface area contributed by atoms with Crippen LogP contribution < -0.4 is 4.74 Å². The fourth-order valence-corrected chi connectivity index (χ4v) is 1.55. The molecule has 2 aromatic rings. The van der Waals surface area contributed by atoms with Crippen molar-refractivity contribution in [2.24, 2.45) is 0 Å². The van der Waals surface area contributed by atoms with Crippen LogP contribution in [0.2, 0.25) is 0 Å². The lowest BCUT2D eigenvalue weighted by Gasteiger charge is -2.07. The number of para-hydroxylation sites is 1. The first kappa shape index (κ1) is 10.4. The molecule has 0 radical (unpaired) electrons. The third-order valence-corrected chi connectivity index (χ3v) is 2.31. The maximum atomic E-state index is 10.7. The van der Waals surface area contributed by atoms with Crippen molar-refractivity contribution in [3.05, 3.63) is 48.3 Å². The molecule has 16 heavy (non-hydrogen) atoms. The lowest BCUT2D eigenvalue weighted by atomic mass is 10.1. The van der Waals surface area contributed by atoms with Crippen LogP contribution in [0.3, 0.4) is 0 Å². The molecule has 0 aliphatic rings. The molecule has 0 N–H and O–H groups in total. The van der Waals surface area contributed by atoms with Crippen molar-refractivity contribution in [1.82, 2.24) is 4.98 Å². The molecule has 1 aromatic carbocycles. The van der Waals surface area contributed by atoms with Crippen molar-refractivity contribution >= 4 is 6.29 Å². The number of hydrogen-bond donors (Lipinski definition) is 0. The molecular weight excluding hydrogens is 202 g/mol. The lowest BCUT2D eigenvalue weighted by Crippen LogP contribution is -1.89. The second-order valence-corrected chi connectivity index (χ2v) is 3.33. The van der Waals surface area contributed by atoms with Gasteiger partial charge in [0.2, 0.25) is 0 Å². The minimum absolute atomic E-state index is 0.559. The van der Waals surface area contributed by atoms with Gasteiger partial charge in [0.25, 0.3) is 0 Å². The summed E-state index contributed by atoms with van der Waals surface area (Å²) in [4.78, 5) is 14.7. The number of carbonyl (C=O) groups is 1. The van der Waals surface area contributed by atoms with Crippen LogP contribution in [0.4, 0.5) is 0 Å². The molecule has 3 nitrogen and oxygen atoms in total. The largest absolute Gasteiger partial charge is 0.496 e. The fraction of sp³-hybridized carbons (Fsp3) is 0.0769. The highest BCUT2D eigenvalue weighted by atomic mass is 16.5. The molecule has 0 aliphatic heterocycles. The fourth-order valence-electron chi connectivity index (χ4n) is 1.55. The molecule has 3 heteroatoms. The van der Waals surface area contributed by atoms with E-state index in [1.54, 1.807) is 19.4 Å². The van der Waals surface area contributed by atoms with Crippen LogP contribution in [0.5, 0.6) is 5.75 Å². The maximum Gasteiger partial charge on any atom is 0.151 e. The highest BCUT2D eigenvalue weighted by Gasteiger charge is 2.05. The Balaban J connectivity index is 2.53. The van der Waals surface area contributed by atoms with Gasteiger partial charge in [0.15, 0.2) is 6.29 Å². The number of hydrogen-bond acceptors (Lipinski definition) is 3. The van der Waals surface area contributed by atoms with Gasteiger partial charge in [-0.3, -0.25) is 9.78 Å². The Bertz CT molecular complexity index is 509. The van der Waals surface area contributed by atoms with Gasteiger partial charge in [-0.25, -0.2) is 0 Å². The van der Waals surface area contributed by atoms with Gasteiger partial charge in [-0.15, -0.1) is 0 Å². The monoisotopic (exact) mass is 213 g/mol. The van der Waals surface area contributed by atoms with Gasteiger partial charge in [0.05, 0.1) is 7.11 Å². The quantitative estimate of drug-likeness (QED) is 0.735. The minimum Gasteiger partial charge on any atom is -0.496 e. The number of aromatic nitrogens is 1. The average Bonchev–Trinajstić information content (AvgIpc) is 2.38. The molecule has 0 saturated heterocycles. The standard InChI is InChI=1S/C13H11NO2/c1-16-13-5-3-2-4-12(13)11-6-10(9-15)7-14-8-11/h2-9H,1H3. The van der Waals surface area contributed by atoms with Gasteiger partial charge in [-0.1, -0.05) is 18.2 Å². The summed E-state index contributed by atoms with van der Waals surface area (Å²) in [7, 11) is 1.62. The van der Waals surface area contributed by atoms with Crippen LogP contribution in [0.1, 0.15) is 10.4 Å². The van der Waals surface area contributed by atoms with Crippen LogP contribution in [0.25, 0.3) is 11.1 Å². The molecule has 0 aliphatic carbocycles. The second kappa shape index (κ2) is 4.57. The summed E-state index contributed by atoms with van der Waals surface area (Å²) in [5.74, 6) is 0.771. The molecule has 80 valence electrons. The van der Waals surface area contributed by atoms with E-state index >= 15 is 0 Å². The third kappa shape index (κ3) is 1.93. The first-order valence-corrected chi connectivity index (χ1v) is 4.89. The number of carbonyl (C=O) groups excluding carboxylic acids is 1. The van der Waals surface area contributed by atoms with Crippen molar-refractivity contribution < 1.29 is 9.53 Å². The van der Waals surface area contributed by atoms with Crippen molar-refractivity contribution in [3.8, 4) is 16.9 Å². The van der Waals surface area contributed by atoms with Crippen LogP contribution in [-0.2, 0) is 0 Å².